The van der Waals surface area contributed by atoms with Crippen LogP contribution < -0.4 is 11.1 Å². The standard InChI is InChI=1S/C14H17N3/c15-9-4-5-13-11(8-9)10-2-1-3-12-14(10)17(13)7-6-16-12/h4-5,8,12,16H,1-3,6-7,15H2/t12-/m1/s1. The summed E-state index contributed by atoms with van der Waals surface area (Å²) in [6, 6.07) is 6.93. The van der Waals surface area contributed by atoms with Gasteiger partial charge in [-0.3, -0.25) is 0 Å². The minimum absolute atomic E-state index is 0.570. The van der Waals surface area contributed by atoms with E-state index in [4.69, 9.17) is 5.73 Å². The number of anilines is 1. The molecule has 88 valence electrons. The van der Waals surface area contributed by atoms with Gasteiger partial charge < -0.3 is 15.6 Å². The normalized spacial score (nSPS) is 22.7. The first kappa shape index (κ1) is 9.54. The highest BCUT2D eigenvalue weighted by molar-refractivity contribution is 5.88. The molecule has 2 aliphatic rings. The fourth-order valence-electron chi connectivity index (χ4n) is 3.53. The highest BCUT2D eigenvalue weighted by Gasteiger charge is 2.29. The molecule has 0 fully saturated rings. The number of nitrogen functional groups attached to an aromatic ring is 1. The number of rotatable bonds is 0. The Morgan fingerprint density at radius 2 is 2.29 bits per heavy atom. The van der Waals surface area contributed by atoms with Gasteiger partial charge in [0.1, 0.15) is 0 Å². The third kappa shape index (κ3) is 1.20. The van der Waals surface area contributed by atoms with Gasteiger partial charge >= 0.3 is 0 Å². The van der Waals surface area contributed by atoms with Crippen LogP contribution in [0.5, 0.6) is 0 Å². The fourth-order valence-corrected chi connectivity index (χ4v) is 3.53. The van der Waals surface area contributed by atoms with E-state index in [2.05, 4.69) is 22.0 Å². The van der Waals surface area contributed by atoms with E-state index in [0.717, 1.165) is 18.8 Å². The van der Waals surface area contributed by atoms with Gasteiger partial charge in [0.2, 0.25) is 0 Å². The lowest BCUT2D eigenvalue weighted by Crippen LogP contribution is -2.35. The maximum Gasteiger partial charge on any atom is 0.0487 e. The molecule has 1 atom stereocenters. The van der Waals surface area contributed by atoms with Crippen molar-refractivity contribution in [2.75, 3.05) is 12.3 Å². The zero-order valence-electron chi connectivity index (χ0n) is 9.87. The molecule has 0 radical (unpaired) electrons. The van der Waals surface area contributed by atoms with Crippen LogP contribution in [0.2, 0.25) is 0 Å². The first-order chi connectivity index (χ1) is 8.34. The number of nitrogens with two attached hydrogens (primary N) is 1. The second-order valence-electron chi connectivity index (χ2n) is 5.19. The van der Waals surface area contributed by atoms with Crippen molar-refractivity contribution < 1.29 is 0 Å². The molecule has 1 aromatic carbocycles. The zero-order valence-corrected chi connectivity index (χ0v) is 9.87. The summed E-state index contributed by atoms with van der Waals surface area (Å²) in [4.78, 5) is 0. The first-order valence-electron chi connectivity index (χ1n) is 6.48. The number of nitrogens with zero attached hydrogens (tertiary/aromatic N) is 1. The molecule has 0 saturated heterocycles. The number of aromatic nitrogens is 1. The molecule has 1 aliphatic carbocycles. The van der Waals surface area contributed by atoms with Crippen molar-refractivity contribution in [1.29, 1.82) is 0 Å². The maximum atomic E-state index is 5.93. The van der Waals surface area contributed by atoms with Crippen LogP contribution in [-0.4, -0.2) is 11.1 Å². The predicted molar refractivity (Wildman–Crippen MR) is 70.0 cm³/mol. The Hall–Kier alpha value is -1.48. The molecule has 0 unspecified atom stereocenters. The molecule has 2 heterocycles. The number of hydrogen-bond donors (Lipinski definition) is 2. The van der Waals surface area contributed by atoms with E-state index in [1.54, 1.807) is 0 Å². The predicted octanol–water partition coefficient (Wildman–Crippen LogP) is 2.20. The van der Waals surface area contributed by atoms with E-state index in [0.29, 0.717) is 6.04 Å². The molecule has 1 aliphatic heterocycles. The van der Waals surface area contributed by atoms with Crippen LogP contribution in [0.4, 0.5) is 5.69 Å². The lowest BCUT2D eigenvalue weighted by molar-refractivity contribution is 0.384. The van der Waals surface area contributed by atoms with Crippen LogP contribution in [0.3, 0.4) is 0 Å². The molecule has 3 N–H and O–H groups in total. The monoisotopic (exact) mass is 227 g/mol. The van der Waals surface area contributed by atoms with Crippen molar-refractivity contribution in [1.82, 2.24) is 9.88 Å². The highest BCUT2D eigenvalue weighted by atomic mass is 15.1. The first-order valence-corrected chi connectivity index (χ1v) is 6.48. The average molecular weight is 227 g/mol. The summed E-state index contributed by atoms with van der Waals surface area (Å²) < 4.78 is 2.50. The Morgan fingerprint density at radius 1 is 1.35 bits per heavy atom. The number of fused-ring (bicyclic) bond motifs is 3. The summed E-state index contributed by atoms with van der Waals surface area (Å²) in [7, 11) is 0. The van der Waals surface area contributed by atoms with Crippen LogP contribution in [0.15, 0.2) is 18.2 Å². The van der Waals surface area contributed by atoms with Gasteiger partial charge in [-0.15, -0.1) is 0 Å². The quantitative estimate of drug-likeness (QED) is 0.678. The molecule has 4 rings (SSSR count). The van der Waals surface area contributed by atoms with E-state index in [1.807, 2.05) is 6.07 Å². The fraction of sp³-hybridized carbons (Fsp3) is 0.429. The van der Waals surface area contributed by atoms with Crippen LogP contribution in [-0.2, 0) is 13.0 Å². The van der Waals surface area contributed by atoms with Crippen molar-refractivity contribution in [3.05, 3.63) is 29.5 Å². The summed E-state index contributed by atoms with van der Waals surface area (Å²) in [5.41, 5.74) is 11.3. The van der Waals surface area contributed by atoms with E-state index >= 15 is 0 Å². The van der Waals surface area contributed by atoms with E-state index < -0.39 is 0 Å². The van der Waals surface area contributed by atoms with Gasteiger partial charge in [0, 0.05) is 41.4 Å². The molecule has 1 aromatic heterocycles. The van der Waals surface area contributed by atoms with Gasteiger partial charge in [0.25, 0.3) is 0 Å². The van der Waals surface area contributed by atoms with Crippen LogP contribution >= 0.6 is 0 Å². The number of nitrogens with one attached hydrogen (secondary N) is 1. The smallest absolute Gasteiger partial charge is 0.0487 e. The molecule has 0 amide bonds. The van der Waals surface area contributed by atoms with Gasteiger partial charge in [-0.1, -0.05) is 0 Å². The molecule has 0 spiro atoms. The molecular formula is C14H17N3. The van der Waals surface area contributed by atoms with E-state index in [9.17, 15) is 0 Å². The van der Waals surface area contributed by atoms with Crippen LogP contribution in [0, 0.1) is 0 Å². The Bertz CT molecular complexity index is 595. The van der Waals surface area contributed by atoms with Crippen LogP contribution in [0.1, 0.15) is 30.1 Å². The molecule has 3 heteroatoms. The summed E-state index contributed by atoms with van der Waals surface area (Å²) in [6.45, 7) is 2.18. The van der Waals surface area contributed by atoms with Crippen molar-refractivity contribution in [2.24, 2.45) is 0 Å². The second-order valence-corrected chi connectivity index (χ2v) is 5.19. The molecule has 17 heavy (non-hydrogen) atoms. The van der Waals surface area contributed by atoms with Crippen molar-refractivity contribution in [2.45, 2.75) is 31.8 Å². The Balaban J connectivity index is 2.11. The Labute approximate surface area is 101 Å². The van der Waals surface area contributed by atoms with E-state index in [-0.39, 0.29) is 0 Å². The number of hydrogen-bond acceptors (Lipinski definition) is 2. The van der Waals surface area contributed by atoms with Gasteiger partial charge in [-0.25, -0.2) is 0 Å². The minimum Gasteiger partial charge on any atom is -0.399 e. The summed E-state index contributed by atoms with van der Waals surface area (Å²) in [6.07, 6.45) is 3.78. The molecule has 0 bridgehead atoms. The van der Waals surface area contributed by atoms with Gasteiger partial charge in [0.05, 0.1) is 0 Å². The second kappa shape index (κ2) is 3.26. The molecule has 2 aromatic rings. The van der Waals surface area contributed by atoms with Gasteiger partial charge in [-0.05, 0) is 43.0 Å². The lowest BCUT2D eigenvalue weighted by atomic mass is 9.91. The third-order valence-electron chi connectivity index (χ3n) is 4.21. The third-order valence-corrected chi connectivity index (χ3v) is 4.21. The lowest BCUT2D eigenvalue weighted by Gasteiger charge is -2.31. The highest BCUT2D eigenvalue weighted by Crippen LogP contribution is 2.39. The summed E-state index contributed by atoms with van der Waals surface area (Å²) >= 11 is 0. The van der Waals surface area contributed by atoms with Gasteiger partial charge in [-0.2, -0.15) is 0 Å². The molecule has 0 saturated carbocycles. The maximum absolute atomic E-state index is 5.93. The molecular weight excluding hydrogens is 210 g/mol. The largest absolute Gasteiger partial charge is 0.399 e. The summed E-state index contributed by atoms with van der Waals surface area (Å²) in [5, 5.41) is 5.02. The number of aryl methyl sites for hydroxylation is 1. The SMILES string of the molecule is Nc1ccc2c(c1)c1c3n2CCN[C@@H]3CCC1. The molecule has 3 nitrogen and oxygen atoms in total. The average Bonchev–Trinajstić information content (AvgIpc) is 2.67. The van der Waals surface area contributed by atoms with Crippen molar-refractivity contribution in [3.8, 4) is 0 Å². The minimum atomic E-state index is 0.570. The Morgan fingerprint density at radius 3 is 3.24 bits per heavy atom. The topological polar surface area (TPSA) is 43.0 Å². The zero-order chi connectivity index (χ0) is 11.4. The summed E-state index contributed by atoms with van der Waals surface area (Å²) in [5.74, 6) is 0. The van der Waals surface area contributed by atoms with Crippen molar-refractivity contribution in [3.63, 3.8) is 0 Å². The van der Waals surface area contributed by atoms with E-state index in [1.165, 1.54) is 41.4 Å². The Kier molecular flexibility index (Phi) is 1.83. The van der Waals surface area contributed by atoms with Gasteiger partial charge in [0.15, 0.2) is 0 Å². The number of benzene rings is 1. The van der Waals surface area contributed by atoms with Crippen LogP contribution in [0.25, 0.3) is 10.9 Å². The van der Waals surface area contributed by atoms with Crippen molar-refractivity contribution >= 4 is 16.6 Å².